The summed E-state index contributed by atoms with van der Waals surface area (Å²) in [6.45, 7) is 8.97. The highest BCUT2D eigenvalue weighted by molar-refractivity contribution is 5.99. The minimum absolute atomic E-state index is 0.156. The van der Waals surface area contributed by atoms with Crippen LogP contribution in [0, 0.1) is 11.3 Å². The number of fused-ring (bicyclic) bond motifs is 1. The zero-order valence-corrected chi connectivity index (χ0v) is 17.9. The quantitative estimate of drug-likeness (QED) is 0.601. The van der Waals surface area contributed by atoms with E-state index in [2.05, 4.69) is 40.0 Å². The second kappa shape index (κ2) is 8.62. The highest BCUT2D eigenvalue weighted by Gasteiger charge is 2.41. The van der Waals surface area contributed by atoms with E-state index in [1.807, 2.05) is 11.0 Å². The van der Waals surface area contributed by atoms with Gasteiger partial charge in [-0.2, -0.15) is 5.26 Å². The average Bonchev–Trinajstić information content (AvgIpc) is 3.21. The molecule has 4 rings (SSSR count). The lowest BCUT2D eigenvalue weighted by Crippen LogP contribution is -2.55. The molecule has 1 aromatic rings. The predicted molar refractivity (Wildman–Crippen MR) is 115 cm³/mol. The zero-order chi connectivity index (χ0) is 21.1. The number of likely N-dealkylation sites (tertiary alicyclic amines) is 1. The molecule has 0 spiro atoms. The molecule has 3 aliphatic heterocycles. The first-order chi connectivity index (χ1) is 14.5. The van der Waals surface area contributed by atoms with Gasteiger partial charge in [-0.3, -0.25) is 14.7 Å². The van der Waals surface area contributed by atoms with Crippen LogP contribution in [0.15, 0.2) is 29.7 Å². The third-order valence-electron chi connectivity index (χ3n) is 6.37. The number of pyridine rings is 1. The minimum Gasteiger partial charge on any atom is -0.379 e. The van der Waals surface area contributed by atoms with Gasteiger partial charge in [0.15, 0.2) is 0 Å². The summed E-state index contributed by atoms with van der Waals surface area (Å²) in [6.07, 6.45) is 6.65. The van der Waals surface area contributed by atoms with Gasteiger partial charge in [-0.05, 0) is 39.2 Å². The van der Waals surface area contributed by atoms with E-state index in [0.29, 0.717) is 33.0 Å². The van der Waals surface area contributed by atoms with E-state index >= 15 is 0 Å². The Morgan fingerprint density at radius 2 is 1.93 bits per heavy atom. The number of piperidine rings is 1. The molecule has 30 heavy (non-hydrogen) atoms. The van der Waals surface area contributed by atoms with Crippen LogP contribution in [0.4, 0.5) is 11.4 Å². The molecule has 1 aromatic heterocycles. The molecule has 1 amide bonds. The molecular formula is C22H30N6O2. The third-order valence-corrected chi connectivity index (χ3v) is 6.37. The van der Waals surface area contributed by atoms with E-state index in [1.54, 1.807) is 12.4 Å². The number of morpholine rings is 1. The van der Waals surface area contributed by atoms with Crippen LogP contribution in [0.3, 0.4) is 0 Å². The maximum absolute atomic E-state index is 13.5. The smallest absolute Gasteiger partial charge is 0.266 e. The number of aromatic nitrogens is 1. The molecule has 0 aliphatic carbocycles. The fourth-order valence-electron chi connectivity index (χ4n) is 4.71. The van der Waals surface area contributed by atoms with Crippen LogP contribution >= 0.6 is 0 Å². The number of hydrogen-bond acceptors (Lipinski definition) is 7. The monoisotopic (exact) mass is 410 g/mol. The number of amides is 1. The second-order valence-electron chi connectivity index (χ2n) is 8.50. The van der Waals surface area contributed by atoms with Crippen molar-refractivity contribution in [2.24, 2.45) is 0 Å². The van der Waals surface area contributed by atoms with Crippen molar-refractivity contribution in [3.8, 4) is 6.07 Å². The van der Waals surface area contributed by atoms with Crippen LogP contribution < -0.4 is 10.2 Å². The molecule has 8 nitrogen and oxygen atoms in total. The molecule has 0 radical (unpaired) electrons. The van der Waals surface area contributed by atoms with E-state index in [4.69, 9.17) is 4.74 Å². The minimum atomic E-state index is -0.521. The standard InChI is InChI=1S/C22H30N6O2/c1-22(2,27-10-12-30-13-11-27)20(28-16-25-18-15-24-7-6-19(18)28)17(14-23)21(29)26-8-4-3-5-9-26/h6-7,15,25H,3-5,8-13,16H2,1-2H3. The molecule has 3 aliphatic rings. The normalized spacial score (nSPS) is 20.8. The first-order valence-electron chi connectivity index (χ1n) is 10.8. The van der Waals surface area contributed by atoms with E-state index in [0.717, 1.165) is 49.4 Å². The summed E-state index contributed by atoms with van der Waals surface area (Å²) in [6, 6.07) is 4.23. The van der Waals surface area contributed by atoms with Gasteiger partial charge in [-0.1, -0.05) is 0 Å². The first kappa shape index (κ1) is 20.6. The molecule has 2 saturated heterocycles. The van der Waals surface area contributed by atoms with Crippen molar-refractivity contribution in [1.82, 2.24) is 14.8 Å². The van der Waals surface area contributed by atoms with Gasteiger partial charge in [0.25, 0.3) is 5.91 Å². The van der Waals surface area contributed by atoms with E-state index in [9.17, 15) is 10.1 Å². The Morgan fingerprint density at radius 1 is 1.20 bits per heavy atom. The summed E-state index contributed by atoms with van der Waals surface area (Å²) in [4.78, 5) is 23.9. The highest BCUT2D eigenvalue weighted by atomic mass is 16.5. The number of anilines is 2. The second-order valence-corrected chi connectivity index (χ2v) is 8.50. The lowest BCUT2D eigenvalue weighted by atomic mass is 9.91. The Hall–Kier alpha value is -2.63. The molecule has 160 valence electrons. The van der Waals surface area contributed by atoms with Gasteiger partial charge in [0, 0.05) is 32.4 Å². The lowest BCUT2D eigenvalue weighted by molar-refractivity contribution is -0.127. The summed E-state index contributed by atoms with van der Waals surface area (Å²) in [5.41, 5.74) is 2.32. The Labute approximate surface area is 178 Å². The van der Waals surface area contributed by atoms with Crippen molar-refractivity contribution in [3.63, 3.8) is 0 Å². The SMILES string of the molecule is CC(C)(C(=C(C#N)C(=O)N1CCCCC1)N1CNc2cnccc21)N1CCOCC1. The number of hydrogen-bond donors (Lipinski definition) is 1. The van der Waals surface area contributed by atoms with E-state index in [1.165, 1.54) is 0 Å². The predicted octanol–water partition coefficient (Wildman–Crippen LogP) is 2.17. The topological polar surface area (TPSA) is 84.7 Å². The Morgan fingerprint density at radius 3 is 2.63 bits per heavy atom. The summed E-state index contributed by atoms with van der Waals surface area (Å²) in [7, 11) is 0. The van der Waals surface area contributed by atoms with E-state index < -0.39 is 5.54 Å². The van der Waals surface area contributed by atoms with Gasteiger partial charge >= 0.3 is 0 Å². The van der Waals surface area contributed by atoms with Crippen molar-refractivity contribution in [3.05, 3.63) is 29.7 Å². The summed E-state index contributed by atoms with van der Waals surface area (Å²) >= 11 is 0. The molecule has 0 aromatic carbocycles. The Bertz CT molecular complexity index is 863. The molecule has 0 atom stereocenters. The molecule has 2 fully saturated rings. The van der Waals surface area contributed by atoms with Crippen molar-refractivity contribution in [2.45, 2.75) is 38.6 Å². The molecule has 1 N–H and O–H groups in total. The third kappa shape index (κ3) is 3.75. The number of nitriles is 1. The average molecular weight is 411 g/mol. The summed E-state index contributed by atoms with van der Waals surface area (Å²) in [5.74, 6) is -0.156. The van der Waals surface area contributed by atoms with Gasteiger partial charge in [0.05, 0.1) is 48.7 Å². The summed E-state index contributed by atoms with van der Waals surface area (Å²) < 4.78 is 5.55. The van der Waals surface area contributed by atoms with Gasteiger partial charge in [-0.15, -0.1) is 0 Å². The first-order valence-corrected chi connectivity index (χ1v) is 10.8. The van der Waals surface area contributed by atoms with Gasteiger partial charge < -0.3 is 19.9 Å². The number of carbonyl (C=O) groups is 1. The molecular weight excluding hydrogens is 380 g/mol. The highest BCUT2D eigenvalue weighted by Crippen LogP contribution is 2.40. The number of carbonyl (C=O) groups excluding carboxylic acids is 1. The van der Waals surface area contributed by atoms with E-state index in [-0.39, 0.29) is 11.5 Å². The van der Waals surface area contributed by atoms with Crippen LogP contribution in [0.5, 0.6) is 0 Å². The Balaban J connectivity index is 1.81. The van der Waals surface area contributed by atoms with Gasteiger partial charge in [-0.25, -0.2) is 0 Å². The zero-order valence-electron chi connectivity index (χ0n) is 17.9. The summed E-state index contributed by atoms with van der Waals surface area (Å²) in [5, 5.41) is 13.6. The maximum atomic E-state index is 13.5. The van der Waals surface area contributed by atoms with Gasteiger partial charge in [0.1, 0.15) is 11.6 Å². The number of nitrogens with zero attached hydrogens (tertiary/aromatic N) is 5. The van der Waals surface area contributed by atoms with Crippen LogP contribution in [-0.4, -0.2) is 72.3 Å². The number of nitrogens with one attached hydrogen (secondary N) is 1. The number of rotatable bonds is 4. The van der Waals surface area contributed by atoms with Crippen molar-refractivity contribution in [1.29, 1.82) is 5.26 Å². The maximum Gasteiger partial charge on any atom is 0.266 e. The molecule has 0 saturated carbocycles. The fraction of sp³-hybridized carbons (Fsp3) is 0.591. The Kier molecular flexibility index (Phi) is 5.93. The molecule has 8 heteroatoms. The fourth-order valence-corrected chi connectivity index (χ4v) is 4.71. The largest absolute Gasteiger partial charge is 0.379 e. The lowest BCUT2D eigenvalue weighted by Gasteiger charge is -2.45. The molecule has 0 bridgehead atoms. The van der Waals surface area contributed by atoms with Crippen LogP contribution in [0.2, 0.25) is 0 Å². The van der Waals surface area contributed by atoms with Crippen LogP contribution in [0.25, 0.3) is 0 Å². The van der Waals surface area contributed by atoms with Crippen molar-refractivity contribution < 1.29 is 9.53 Å². The van der Waals surface area contributed by atoms with Gasteiger partial charge in [0.2, 0.25) is 0 Å². The number of ether oxygens (including phenoxy) is 1. The van der Waals surface area contributed by atoms with Crippen LogP contribution in [-0.2, 0) is 9.53 Å². The van der Waals surface area contributed by atoms with Crippen molar-refractivity contribution >= 4 is 17.3 Å². The molecule has 4 heterocycles. The molecule has 0 unspecified atom stereocenters. The van der Waals surface area contributed by atoms with Crippen molar-refractivity contribution in [2.75, 3.05) is 56.3 Å². The van der Waals surface area contributed by atoms with Crippen LogP contribution in [0.1, 0.15) is 33.1 Å².